The normalized spacial score (nSPS) is 13.9. The minimum atomic E-state index is -0.302. The average Bonchev–Trinajstić information content (AvgIpc) is 3.06. The number of rotatable bonds is 5. The van der Waals surface area contributed by atoms with Crippen LogP contribution in [-0.2, 0) is 4.79 Å². The Bertz CT molecular complexity index is 524. The van der Waals surface area contributed by atoms with Crippen LogP contribution in [0, 0.1) is 0 Å². The highest BCUT2D eigenvalue weighted by molar-refractivity contribution is 5.97. The standard InChI is InChI=1S/C15H20N2O4/c1-20-12-6-5-11(9-13(12)21-2)15(19)16-10-14(18)17-7-3-4-8-17/h5-6,9H,3-4,7-8,10H2,1-2H3,(H,16,19). The smallest absolute Gasteiger partial charge is 0.251 e. The van der Waals surface area contributed by atoms with Crippen LogP contribution in [0.2, 0.25) is 0 Å². The maximum absolute atomic E-state index is 12.1. The van der Waals surface area contributed by atoms with E-state index in [0.717, 1.165) is 25.9 Å². The molecule has 0 atom stereocenters. The van der Waals surface area contributed by atoms with Crippen molar-refractivity contribution in [2.75, 3.05) is 33.9 Å². The van der Waals surface area contributed by atoms with Crippen LogP contribution in [0.4, 0.5) is 0 Å². The summed E-state index contributed by atoms with van der Waals surface area (Å²) in [5.41, 5.74) is 0.432. The Kier molecular flexibility index (Phi) is 5.03. The molecule has 0 radical (unpaired) electrons. The monoisotopic (exact) mass is 292 g/mol. The molecule has 1 aromatic rings. The molecule has 1 aliphatic heterocycles. The second-order valence-corrected chi connectivity index (χ2v) is 4.84. The maximum Gasteiger partial charge on any atom is 0.251 e. The Labute approximate surface area is 124 Å². The number of likely N-dealkylation sites (tertiary alicyclic amines) is 1. The summed E-state index contributed by atoms with van der Waals surface area (Å²) in [4.78, 5) is 25.7. The van der Waals surface area contributed by atoms with E-state index in [1.807, 2.05) is 0 Å². The van der Waals surface area contributed by atoms with Crippen molar-refractivity contribution in [2.45, 2.75) is 12.8 Å². The van der Waals surface area contributed by atoms with E-state index in [9.17, 15) is 9.59 Å². The molecular formula is C15H20N2O4. The Hall–Kier alpha value is -2.24. The van der Waals surface area contributed by atoms with Crippen molar-refractivity contribution in [1.82, 2.24) is 10.2 Å². The van der Waals surface area contributed by atoms with E-state index in [2.05, 4.69) is 5.32 Å². The highest BCUT2D eigenvalue weighted by Crippen LogP contribution is 2.27. The summed E-state index contributed by atoms with van der Waals surface area (Å²) < 4.78 is 10.3. The van der Waals surface area contributed by atoms with E-state index in [1.54, 1.807) is 23.1 Å². The fourth-order valence-corrected chi connectivity index (χ4v) is 2.31. The first-order chi connectivity index (χ1) is 10.2. The first kappa shape index (κ1) is 15.2. The van der Waals surface area contributed by atoms with Gasteiger partial charge in [-0.3, -0.25) is 9.59 Å². The van der Waals surface area contributed by atoms with Crippen molar-refractivity contribution in [3.8, 4) is 11.5 Å². The Morgan fingerprint density at radius 3 is 2.43 bits per heavy atom. The zero-order chi connectivity index (χ0) is 15.2. The lowest BCUT2D eigenvalue weighted by Gasteiger charge is -2.15. The van der Waals surface area contributed by atoms with Gasteiger partial charge in [-0.15, -0.1) is 0 Å². The summed E-state index contributed by atoms with van der Waals surface area (Å²) in [5.74, 6) is 0.697. The van der Waals surface area contributed by atoms with E-state index in [-0.39, 0.29) is 18.4 Å². The number of nitrogens with one attached hydrogen (secondary N) is 1. The van der Waals surface area contributed by atoms with Gasteiger partial charge in [0.1, 0.15) is 0 Å². The maximum atomic E-state index is 12.1. The van der Waals surface area contributed by atoms with Crippen LogP contribution >= 0.6 is 0 Å². The van der Waals surface area contributed by atoms with Crippen molar-refractivity contribution in [3.05, 3.63) is 23.8 Å². The van der Waals surface area contributed by atoms with Crippen LogP contribution in [0.5, 0.6) is 11.5 Å². The number of ether oxygens (including phenoxy) is 2. The van der Waals surface area contributed by atoms with Crippen LogP contribution in [0.1, 0.15) is 23.2 Å². The Morgan fingerprint density at radius 2 is 1.81 bits per heavy atom. The van der Waals surface area contributed by atoms with E-state index in [1.165, 1.54) is 14.2 Å². The predicted molar refractivity (Wildman–Crippen MR) is 77.7 cm³/mol. The van der Waals surface area contributed by atoms with Crippen LogP contribution in [-0.4, -0.2) is 50.6 Å². The molecule has 21 heavy (non-hydrogen) atoms. The van der Waals surface area contributed by atoms with Crippen LogP contribution < -0.4 is 14.8 Å². The molecule has 0 aromatic heterocycles. The van der Waals surface area contributed by atoms with Gasteiger partial charge in [0.05, 0.1) is 20.8 Å². The Morgan fingerprint density at radius 1 is 1.14 bits per heavy atom. The molecular weight excluding hydrogens is 272 g/mol. The van der Waals surface area contributed by atoms with Gasteiger partial charge < -0.3 is 19.7 Å². The lowest BCUT2D eigenvalue weighted by molar-refractivity contribution is -0.129. The molecule has 6 nitrogen and oxygen atoms in total. The molecule has 1 heterocycles. The first-order valence-electron chi connectivity index (χ1n) is 6.93. The zero-order valence-corrected chi connectivity index (χ0v) is 12.3. The topological polar surface area (TPSA) is 67.9 Å². The molecule has 1 fully saturated rings. The summed E-state index contributed by atoms with van der Waals surface area (Å²) in [5, 5.41) is 2.64. The summed E-state index contributed by atoms with van der Waals surface area (Å²) in [7, 11) is 3.04. The van der Waals surface area contributed by atoms with Crippen molar-refractivity contribution in [1.29, 1.82) is 0 Å². The van der Waals surface area contributed by atoms with Gasteiger partial charge in [0.2, 0.25) is 5.91 Å². The second-order valence-electron chi connectivity index (χ2n) is 4.84. The molecule has 1 N–H and O–H groups in total. The number of nitrogens with zero attached hydrogens (tertiary/aromatic N) is 1. The van der Waals surface area contributed by atoms with Crippen molar-refractivity contribution < 1.29 is 19.1 Å². The van der Waals surface area contributed by atoms with Gasteiger partial charge in [0.15, 0.2) is 11.5 Å². The lowest BCUT2D eigenvalue weighted by Crippen LogP contribution is -2.38. The third-order valence-electron chi connectivity index (χ3n) is 3.50. The van der Waals surface area contributed by atoms with E-state index < -0.39 is 0 Å². The quantitative estimate of drug-likeness (QED) is 0.881. The van der Waals surface area contributed by atoms with Gasteiger partial charge in [-0.25, -0.2) is 0 Å². The largest absolute Gasteiger partial charge is 0.493 e. The second kappa shape index (κ2) is 6.97. The molecule has 0 unspecified atom stereocenters. The highest BCUT2D eigenvalue weighted by Gasteiger charge is 2.18. The fourth-order valence-electron chi connectivity index (χ4n) is 2.31. The van der Waals surface area contributed by atoms with Gasteiger partial charge in [0.25, 0.3) is 5.91 Å². The number of methoxy groups -OCH3 is 2. The predicted octanol–water partition coefficient (Wildman–Crippen LogP) is 1.06. The molecule has 0 bridgehead atoms. The summed E-state index contributed by atoms with van der Waals surface area (Å²) in [6, 6.07) is 4.89. The number of carbonyl (C=O) groups excluding carboxylic acids is 2. The molecule has 1 saturated heterocycles. The SMILES string of the molecule is COc1ccc(C(=O)NCC(=O)N2CCCC2)cc1OC. The molecule has 2 rings (SSSR count). The third-order valence-corrected chi connectivity index (χ3v) is 3.50. The van der Waals surface area contributed by atoms with Crippen LogP contribution in [0.25, 0.3) is 0 Å². The minimum Gasteiger partial charge on any atom is -0.493 e. The molecule has 0 saturated carbocycles. The van der Waals surface area contributed by atoms with Crippen molar-refractivity contribution in [3.63, 3.8) is 0 Å². The summed E-state index contributed by atoms with van der Waals surface area (Å²) in [6.45, 7) is 1.59. The van der Waals surface area contributed by atoms with E-state index in [0.29, 0.717) is 17.1 Å². The van der Waals surface area contributed by atoms with Crippen molar-refractivity contribution >= 4 is 11.8 Å². The molecule has 1 aliphatic rings. The molecule has 0 spiro atoms. The molecule has 6 heteroatoms. The molecule has 2 amide bonds. The number of carbonyl (C=O) groups is 2. The van der Waals surface area contributed by atoms with Crippen LogP contribution in [0.15, 0.2) is 18.2 Å². The van der Waals surface area contributed by atoms with Gasteiger partial charge >= 0.3 is 0 Å². The van der Waals surface area contributed by atoms with Gasteiger partial charge in [-0.1, -0.05) is 0 Å². The fraction of sp³-hybridized carbons (Fsp3) is 0.467. The van der Waals surface area contributed by atoms with E-state index >= 15 is 0 Å². The zero-order valence-electron chi connectivity index (χ0n) is 12.3. The summed E-state index contributed by atoms with van der Waals surface area (Å²) in [6.07, 6.45) is 2.07. The Balaban J connectivity index is 1.95. The third kappa shape index (κ3) is 3.65. The summed E-state index contributed by atoms with van der Waals surface area (Å²) >= 11 is 0. The number of hydrogen-bond donors (Lipinski definition) is 1. The highest BCUT2D eigenvalue weighted by atomic mass is 16.5. The van der Waals surface area contributed by atoms with Crippen LogP contribution in [0.3, 0.4) is 0 Å². The average molecular weight is 292 g/mol. The lowest BCUT2D eigenvalue weighted by atomic mass is 10.2. The van der Waals surface area contributed by atoms with E-state index in [4.69, 9.17) is 9.47 Å². The first-order valence-corrected chi connectivity index (χ1v) is 6.93. The molecule has 1 aromatic carbocycles. The molecule has 0 aliphatic carbocycles. The van der Waals surface area contributed by atoms with Gasteiger partial charge in [-0.05, 0) is 31.0 Å². The minimum absolute atomic E-state index is 0.0210. The van der Waals surface area contributed by atoms with Gasteiger partial charge in [0, 0.05) is 18.7 Å². The number of benzene rings is 1. The molecule has 114 valence electrons. The number of hydrogen-bond acceptors (Lipinski definition) is 4. The number of amides is 2. The van der Waals surface area contributed by atoms with Gasteiger partial charge in [-0.2, -0.15) is 0 Å². The van der Waals surface area contributed by atoms with Crippen molar-refractivity contribution in [2.24, 2.45) is 0 Å².